The molecule has 1 saturated carbocycles. The van der Waals surface area contributed by atoms with E-state index < -0.39 is 10.0 Å². The number of carbonyl (C=O) groups is 1. The summed E-state index contributed by atoms with van der Waals surface area (Å²) in [7, 11) is -0.464. The van der Waals surface area contributed by atoms with E-state index in [1.165, 1.54) is 12.1 Å². The molecule has 1 aliphatic rings. The van der Waals surface area contributed by atoms with E-state index in [4.69, 9.17) is 9.47 Å². The Hall–Kier alpha value is -2.10. The van der Waals surface area contributed by atoms with Gasteiger partial charge in [0.25, 0.3) is 5.91 Å². The summed E-state index contributed by atoms with van der Waals surface area (Å²) in [4.78, 5) is 12.6. The van der Waals surface area contributed by atoms with Crippen LogP contribution in [0, 0.1) is 0 Å². The molecule has 0 atom stereocenters. The number of benzene rings is 2. The summed E-state index contributed by atoms with van der Waals surface area (Å²) in [5, 5.41) is 2.83. The van der Waals surface area contributed by atoms with Gasteiger partial charge in [-0.3, -0.25) is 4.79 Å². The zero-order valence-electron chi connectivity index (χ0n) is 16.2. The molecule has 2 aromatic carbocycles. The molecule has 0 unspecified atom stereocenters. The molecule has 156 valence electrons. The van der Waals surface area contributed by atoms with Crippen LogP contribution in [0.5, 0.6) is 11.5 Å². The Balaban J connectivity index is 1.63. The number of hydrogen-bond donors (Lipinski definition) is 2. The summed E-state index contributed by atoms with van der Waals surface area (Å²) < 4.78 is 38.7. The van der Waals surface area contributed by atoms with Crippen LogP contribution in [-0.4, -0.2) is 41.1 Å². The van der Waals surface area contributed by atoms with Crippen molar-refractivity contribution in [2.24, 2.45) is 0 Å². The Morgan fingerprint density at radius 1 is 1.14 bits per heavy atom. The van der Waals surface area contributed by atoms with Gasteiger partial charge < -0.3 is 14.8 Å². The third-order valence-corrected chi connectivity index (χ3v) is 6.79. The van der Waals surface area contributed by atoms with Gasteiger partial charge >= 0.3 is 0 Å². The van der Waals surface area contributed by atoms with Crippen molar-refractivity contribution in [3.05, 3.63) is 52.0 Å². The zero-order valence-corrected chi connectivity index (χ0v) is 18.6. The third kappa shape index (κ3) is 5.49. The van der Waals surface area contributed by atoms with Gasteiger partial charge in [-0.15, -0.1) is 0 Å². The van der Waals surface area contributed by atoms with Gasteiger partial charge in [-0.2, -0.15) is 0 Å². The first-order chi connectivity index (χ1) is 13.8. The molecule has 0 aromatic heterocycles. The fourth-order valence-corrected chi connectivity index (χ4v) is 4.66. The maximum atomic E-state index is 12.5. The maximum Gasteiger partial charge on any atom is 0.251 e. The average molecular weight is 483 g/mol. The molecule has 7 nitrogen and oxygen atoms in total. The number of halogens is 1. The van der Waals surface area contributed by atoms with Crippen LogP contribution in [0.4, 0.5) is 0 Å². The first-order valence-corrected chi connectivity index (χ1v) is 11.4. The van der Waals surface area contributed by atoms with Crippen LogP contribution in [-0.2, 0) is 16.4 Å². The Bertz CT molecular complexity index is 1010. The fraction of sp³-hybridized carbons (Fsp3) is 0.350. The van der Waals surface area contributed by atoms with Gasteiger partial charge in [-0.25, -0.2) is 13.1 Å². The molecular weight excluding hydrogens is 460 g/mol. The second kappa shape index (κ2) is 9.15. The van der Waals surface area contributed by atoms with E-state index in [2.05, 4.69) is 26.0 Å². The lowest BCUT2D eigenvalue weighted by molar-refractivity contribution is 0.0954. The smallest absolute Gasteiger partial charge is 0.251 e. The van der Waals surface area contributed by atoms with E-state index in [-0.39, 0.29) is 16.8 Å². The normalized spacial score (nSPS) is 13.8. The molecule has 0 bridgehead atoms. The number of ether oxygens (including phenoxy) is 2. The number of rotatable bonds is 9. The average Bonchev–Trinajstić information content (AvgIpc) is 3.52. The molecule has 0 aliphatic heterocycles. The summed E-state index contributed by atoms with van der Waals surface area (Å²) in [6.45, 7) is 0.379. The van der Waals surface area contributed by atoms with Crippen LogP contribution in [0.25, 0.3) is 0 Å². The van der Waals surface area contributed by atoms with Crippen molar-refractivity contribution in [2.45, 2.75) is 30.2 Å². The standard InChI is InChI=1S/C20H23BrN2O5S/c1-27-18-11-13(17(21)12-19(18)28-2)8-9-22-20(24)14-4-3-5-16(10-14)29(25,26)23-15-6-7-15/h3-5,10-12,15,23H,6-9H2,1-2H3,(H,22,24). The summed E-state index contributed by atoms with van der Waals surface area (Å²) in [5.74, 6) is 0.896. The number of nitrogens with one attached hydrogen (secondary N) is 2. The molecule has 2 N–H and O–H groups in total. The highest BCUT2D eigenvalue weighted by atomic mass is 79.9. The number of sulfonamides is 1. The number of amides is 1. The van der Waals surface area contributed by atoms with Crippen LogP contribution in [0.15, 0.2) is 45.8 Å². The Morgan fingerprint density at radius 3 is 2.48 bits per heavy atom. The summed E-state index contributed by atoms with van der Waals surface area (Å²) in [6.07, 6.45) is 2.27. The third-order valence-electron chi connectivity index (χ3n) is 4.54. The largest absolute Gasteiger partial charge is 0.493 e. The van der Waals surface area contributed by atoms with Crippen LogP contribution in [0.1, 0.15) is 28.8 Å². The molecule has 1 amide bonds. The molecule has 3 rings (SSSR count). The Morgan fingerprint density at radius 2 is 1.83 bits per heavy atom. The molecule has 1 aliphatic carbocycles. The van der Waals surface area contributed by atoms with Crippen molar-refractivity contribution >= 4 is 31.9 Å². The van der Waals surface area contributed by atoms with Crippen LogP contribution in [0.3, 0.4) is 0 Å². The van der Waals surface area contributed by atoms with Gasteiger partial charge in [-0.05, 0) is 55.2 Å². The lowest BCUT2D eigenvalue weighted by Gasteiger charge is -2.12. The van der Waals surface area contributed by atoms with Gasteiger partial charge in [0.05, 0.1) is 19.1 Å². The van der Waals surface area contributed by atoms with Crippen molar-refractivity contribution in [3.8, 4) is 11.5 Å². The topological polar surface area (TPSA) is 93.7 Å². The van der Waals surface area contributed by atoms with E-state index >= 15 is 0 Å². The SMILES string of the molecule is COc1cc(Br)c(CCNC(=O)c2cccc(S(=O)(=O)NC3CC3)c2)cc1OC. The number of methoxy groups -OCH3 is 2. The highest BCUT2D eigenvalue weighted by Gasteiger charge is 2.28. The number of hydrogen-bond acceptors (Lipinski definition) is 5. The van der Waals surface area contributed by atoms with Gasteiger partial charge in [-0.1, -0.05) is 22.0 Å². The lowest BCUT2D eigenvalue weighted by atomic mass is 10.1. The van der Waals surface area contributed by atoms with Crippen molar-refractivity contribution in [1.82, 2.24) is 10.0 Å². The van der Waals surface area contributed by atoms with Crippen molar-refractivity contribution in [3.63, 3.8) is 0 Å². The molecule has 0 saturated heterocycles. The summed E-state index contributed by atoms with van der Waals surface area (Å²) in [5.41, 5.74) is 1.25. The van der Waals surface area contributed by atoms with E-state index in [1.807, 2.05) is 12.1 Å². The highest BCUT2D eigenvalue weighted by Crippen LogP contribution is 2.33. The number of carbonyl (C=O) groups excluding carboxylic acids is 1. The van der Waals surface area contributed by atoms with Crippen LogP contribution in [0.2, 0.25) is 0 Å². The van der Waals surface area contributed by atoms with E-state index in [0.717, 1.165) is 22.9 Å². The lowest BCUT2D eigenvalue weighted by Crippen LogP contribution is -2.28. The first kappa shape index (κ1) is 21.6. The minimum Gasteiger partial charge on any atom is -0.493 e. The predicted molar refractivity (Wildman–Crippen MR) is 113 cm³/mol. The molecule has 29 heavy (non-hydrogen) atoms. The van der Waals surface area contributed by atoms with Crippen molar-refractivity contribution in [1.29, 1.82) is 0 Å². The molecule has 0 spiro atoms. The van der Waals surface area contributed by atoms with Crippen LogP contribution >= 0.6 is 15.9 Å². The monoisotopic (exact) mass is 482 g/mol. The molecular formula is C20H23BrN2O5S. The molecule has 0 heterocycles. The minimum atomic E-state index is -3.60. The van der Waals surface area contributed by atoms with E-state index in [9.17, 15) is 13.2 Å². The molecule has 2 aromatic rings. The van der Waals surface area contributed by atoms with Gasteiger partial charge in [0.15, 0.2) is 11.5 Å². The van der Waals surface area contributed by atoms with Crippen molar-refractivity contribution in [2.75, 3.05) is 20.8 Å². The second-order valence-electron chi connectivity index (χ2n) is 6.73. The van der Waals surface area contributed by atoms with E-state index in [0.29, 0.717) is 30.0 Å². The van der Waals surface area contributed by atoms with Gasteiger partial charge in [0.1, 0.15) is 0 Å². The first-order valence-electron chi connectivity index (χ1n) is 9.15. The van der Waals surface area contributed by atoms with E-state index in [1.54, 1.807) is 26.4 Å². The second-order valence-corrected chi connectivity index (χ2v) is 9.30. The van der Waals surface area contributed by atoms with Gasteiger partial charge in [0.2, 0.25) is 10.0 Å². The quantitative estimate of drug-likeness (QED) is 0.572. The zero-order chi connectivity index (χ0) is 21.0. The van der Waals surface area contributed by atoms with Crippen molar-refractivity contribution < 1.29 is 22.7 Å². The van der Waals surface area contributed by atoms with Crippen LogP contribution < -0.4 is 19.5 Å². The Labute approximate surface area is 179 Å². The van der Waals surface area contributed by atoms with Gasteiger partial charge in [0, 0.05) is 22.6 Å². The summed E-state index contributed by atoms with van der Waals surface area (Å²) >= 11 is 3.50. The highest BCUT2D eigenvalue weighted by molar-refractivity contribution is 9.10. The maximum absolute atomic E-state index is 12.5. The Kier molecular flexibility index (Phi) is 6.81. The fourth-order valence-electron chi connectivity index (χ4n) is 2.79. The molecule has 9 heteroatoms. The minimum absolute atomic E-state index is 0.0115. The summed E-state index contributed by atoms with van der Waals surface area (Å²) in [6, 6.07) is 9.73. The molecule has 1 fully saturated rings. The molecule has 0 radical (unpaired) electrons. The predicted octanol–water partition coefficient (Wildman–Crippen LogP) is 2.88.